The van der Waals surface area contributed by atoms with Gasteiger partial charge in [0.2, 0.25) is 5.91 Å². The topological polar surface area (TPSA) is 55.2 Å². The number of unbranched alkanes of at least 4 members (excludes halogenated alkanes) is 3. The second-order valence-corrected chi connectivity index (χ2v) is 9.24. The van der Waals surface area contributed by atoms with Crippen LogP contribution in [0.3, 0.4) is 0 Å². The summed E-state index contributed by atoms with van der Waals surface area (Å²) in [6.07, 6.45) is 6.36. The number of rotatable bonds is 11. The Bertz CT molecular complexity index is 1180. The molecule has 1 amide bonds. The van der Waals surface area contributed by atoms with Crippen LogP contribution in [0.25, 0.3) is 16.6 Å². The minimum atomic E-state index is -0.267. The van der Waals surface area contributed by atoms with Crippen molar-refractivity contribution in [2.75, 3.05) is 6.54 Å². The number of fused-ring (bicyclic) bond motifs is 1. The van der Waals surface area contributed by atoms with Crippen LogP contribution in [-0.2, 0) is 4.79 Å². The maximum atomic E-state index is 13.8. The van der Waals surface area contributed by atoms with Gasteiger partial charge in [-0.25, -0.2) is 4.98 Å². The summed E-state index contributed by atoms with van der Waals surface area (Å²) >= 11 is 0. The Kier molecular flexibility index (Phi) is 9.03. The van der Waals surface area contributed by atoms with Crippen LogP contribution in [0.1, 0.15) is 88.7 Å². The molecule has 0 aliphatic rings. The fourth-order valence-electron chi connectivity index (χ4n) is 4.75. The predicted octanol–water partition coefficient (Wildman–Crippen LogP) is 6.66. The zero-order valence-corrected chi connectivity index (χ0v) is 21.4. The summed E-state index contributed by atoms with van der Waals surface area (Å²) in [5, 5.41) is 0.592. The van der Waals surface area contributed by atoms with E-state index in [1.807, 2.05) is 55.1 Å². The zero-order chi connectivity index (χ0) is 24.7. The SMILES string of the molecule is CCCCCCC(=O)N(CCC)C(CC)c1nc2ccccc2c(=O)n1-c1ccc(C)cc1C. The molecule has 0 N–H and O–H groups in total. The number of hydrogen-bond donors (Lipinski definition) is 0. The highest BCUT2D eigenvalue weighted by Crippen LogP contribution is 2.28. The molecule has 0 fully saturated rings. The molecule has 0 radical (unpaired) electrons. The highest BCUT2D eigenvalue weighted by molar-refractivity contribution is 5.79. The fraction of sp³-hybridized carbons (Fsp3) is 0.483. The first-order valence-electron chi connectivity index (χ1n) is 12.8. The molecule has 5 nitrogen and oxygen atoms in total. The van der Waals surface area contributed by atoms with E-state index in [9.17, 15) is 9.59 Å². The second-order valence-electron chi connectivity index (χ2n) is 9.24. The lowest BCUT2D eigenvalue weighted by Crippen LogP contribution is -2.39. The van der Waals surface area contributed by atoms with Crippen molar-refractivity contribution in [3.8, 4) is 5.69 Å². The summed E-state index contributed by atoms with van der Waals surface area (Å²) < 4.78 is 1.75. The Morgan fingerprint density at radius 1 is 1.00 bits per heavy atom. The van der Waals surface area contributed by atoms with Gasteiger partial charge in [0, 0.05) is 13.0 Å². The van der Waals surface area contributed by atoms with Crippen molar-refractivity contribution in [2.24, 2.45) is 0 Å². The third kappa shape index (κ3) is 5.57. The summed E-state index contributed by atoms with van der Waals surface area (Å²) in [6.45, 7) is 11.1. The van der Waals surface area contributed by atoms with Crippen LogP contribution in [0.5, 0.6) is 0 Å². The number of amides is 1. The van der Waals surface area contributed by atoms with Crippen LogP contribution in [0.2, 0.25) is 0 Å². The van der Waals surface area contributed by atoms with Crippen molar-refractivity contribution >= 4 is 16.8 Å². The first-order chi connectivity index (χ1) is 16.4. The smallest absolute Gasteiger partial charge is 0.266 e. The third-order valence-corrected chi connectivity index (χ3v) is 6.48. The van der Waals surface area contributed by atoms with Crippen molar-refractivity contribution in [3.63, 3.8) is 0 Å². The van der Waals surface area contributed by atoms with Crippen LogP contribution in [0.4, 0.5) is 0 Å². The summed E-state index contributed by atoms with van der Waals surface area (Å²) in [7, 11) is 0. The molecule has 0 aliphatic carbocycles. The van der Waals surface area contributed by atoms with E-state index in [1.165, 1.54) is 0 Å². The molecule has 5 heteroatoms. The van der Waals surface area contributed by atoms with Crippen molar-refractivity contribution < 1.29 is 4.79 Å². The van der Waals surface area contributed by atoms with E-state index in [-0.39, 0.29) is 17.5 Å². The molecule has 0 bridgehead atoms. The summed E-state index contributed by atoms with van der Waals surface area (Å²) in [5.74, 6) is 0.799. The van der Waals surface area contributed by atoms with Gasteiger partial charge in [-0.1, -0.05) is 69.9 Å². The average Bonchev–Trinajstić information content (AvgIpc) is 2.82. The van der Waals surface area contributed by atoms with E-state index in [4.69, 9.17) is 4.98 Å². The molecular weight excluding hydrogens is 422 g/mol. The van der Waals surface area contributed by atoms with Crippen LogP contribution >= 0.6 is 0 Å². The van der Waals surface area contributed by atoms with Gasteiger partial charge in [-0.3, -0.25) is 14.2 Å². The lowest BCUT2D eigenvalue weighted by atomic mass is 10.1. The van der Waals surface area contributed by atoms with Gasteiger partial charge in [-0.05, 0) is 56.9 Å². The Labute approximate surface area is 203 Å². The number of nitrogens with zero attached hydrogens (tertiary/aromatic N) is 3. The number of benzene rings is 2. The van der Waals surface area contributed by atoms with E-state index in [0.29, 0.717) is 36.1 Å². The number of para-hydroxylation sites is 1. The van der Waals surface area contributed by atoms with Crippen LogP contribution in [-0.4, -0.2) is 26.9 Å². The van der Waals surface area contributed by atoms with Gasteiger partial charge in [0.25, 0.3) is 5.56 Å². The second kappa shape index (κ2) is 12.0. The lowest BCUT2D eigenvalue weighted by Gasteiger charge is -2.32. The van der Waals surface area contributed by atoms with Gasteiger partial charge in [-0.2, -0.15) is 0 Å². The van der Waals surface area contributed by atoms with Crippen LogP contribution < -0.4 is 5.56 Å². The molecule has 3 rings (SSSR count). The molecule has 0 aliphatic heterocycles. The first-order valence-corrected chi connectivity index (χ1v) is 12.8. The van der Waals surface area contributed by atoms with Crippen LogP contribution in [0.15, 0.2) is 47.3 Å². The molecule has 1 atom stereocenters. The average molecular weight is 462 g/mol. The number of hydrogen-bond acceptors (Lipinski definition) is 3. The molecule has 1 unspecified atom stereocenters. The highest BCUT2D eigenvalue weighted by atomic mass is 16.2. The molecule has 0 saturated carbocycles. The molecular formula is C29H39N3O2. The Hall–Kier alpha value is -2.95. The number of aromatic nitrogens is 2. The Morgan fingerprint density at radius 3 is 2.44 bits per heavy atom. The number of aryl methyl sites for hydroxylation is 2. The number of carbonyl (C=O) groups is 1. The summed E-state index contributed by atoms with van der Waals surface area (Å²) in [4.78, 5) is 34.2. The molecule has 0 spiro atoms. The van der Waals surface area contributed by atoms with Crippen LogP contribution in [0, 0.1) is 13.8 Å². The minimum absolute atomic E-state index is 0.0853. The highest BCUT2D eigenvalue weighted by Gasteiger charge is 2.28. The zero-order valence-electron chi connectivity index (χ0n) is 21.4. The van der Waals surface area contributed by atoms with Gasteiger partial charge in [-0.15, -0.1) is 0 Å². The third-order valence-electron chi connectivity index (χ3n) is 6.48. The van der Waals surface area contributed by atoms with E-state index < -0.39 is 0 Å². The quantitative estimate of drug-likeness (QED) is 0.300. The molecule has 0 saturated heterocycles. The molecule has 182 valence electrons. The molecule has 1 heterocycles. The lowest BCUT2D eigenvalue weighted by molar-refractivity contribution is -0.134. The molecule has 2 aromatic carbocycles. The normalized spacial score (nSPS) is 12.1. The van der Waals surface area contributed by atoms with Crippen molar-refractivity contribution in [1.29, 1.82) is 0 Å². The summed E-state index contributed by atoms with van der Waals surface area (Å²) in [5.41, 5.74) is 3.58. The van der Waals surface area contributed by atoms with Crippen molar-refractivity contribution in [2.45, 2.75) is 85.6 Å². The maximum Gasteiger partial charge on any atom is 0.266 e. The summed E-state index contributed by atoms with van der Waals surface area (Å²) in [6, 6.07) is 13.3. The van der Waals surface area contributed by atoms with Crippen molar-refractivity contribution in [3.05, 3.63) is 69.8 Å². The monoisotopic (exact) mass is 461 g/mol. The number of carbonyl (C=O) groups excluding carboxylic acids is 1. The van der Waals surface area contributed by atoms with Gasteiger partial charge in [0.15, 0.2) is 0 Å². The van der Waals surface area contributed by atoms with Gasteiger partial charge < -0.3 is 4.90 Å². The standard InChI is InChI=1S/C29H39N3O2/c1-6-9-10-11-16-27(33)31(19-7-2)25(8-3)28-30-24-15-13-12-14-23(24)29(34)32(28)26-18-17-21(4)20-22(26)5/h12-15,17-18,20,25H,6-11,16,19H2,1-5H3. The molecule has 3 aromatic rings. The van der Waals surface area contributed by atoms with Gasteiger partial charge >= 0.3 is 0 Å². The van der Waals surface area contributed by atoms with Crippen molar-refractivity contribution in [1.82, 2.24) is 14.5 Å². The maximum absolute atomic E-state index is 13.8. The van der Waals surface area contributed by atoms with E-state index >= 15 is 0 Å². The van der Waals surface area contributed by atoms with Gasteiger partial charge in [0.1, 0.15) is 5.82 Å². The minimum Gasteiger partial charge on any atom is -0.333 e. The van der Waals surface area contributed by atoms with Gasteiger partial charge in [0.05, 0.1) is 22.6 Å². The van der Waals surface area contributed by atoms with E-state index in [0.717, 1.165) is 48.9 Å². The largest absolute Gasteiger partial charge is 0.333 e. The Balaban J connectivity index is 2.17. The van der Waals surface area contributed by atoms with E-state index in [2.05, 4.69) is 26.8 Å². The van der Waals surface area contributed by atoms with E-state index in [1.54, 1.807) is 4.57 Å². The molecule has 34 heavy (non-hydrogen) atoms. The Morgan fingerprint density at radius 2 is 1.76 bits per heavy atom. The predicted molar refractivity (Wildman–Crippen MR) is 141 cm³/mol. The molecule has 1 aromatic heterocycles. The fourth-order valence-corrected chi connectivity index (χ4v) is 4.75. The first kappa shape index (κ1) is 25.7.